The van der Waals surface area contributed by atoms with Gasteiger partial charge < -0.3 is 15.2 Å². The van der Waals surface area contributed by atoms with Crippen LogP contribution in [0.25, 0.3) is 34.4 Å². The zero-order chi connectivity index (χ0) is 25.0. The first-order valence-corrected chi connectivity index (χ1v) is 11.4. The molecule has 8 nitrogen and oxygen atoms in total. The summed E-state index contributed by atoms with van der Waals surface area (Å²) < 4.78 is 17.2. The molecule has 0 radical (unpaired) electrons. The van der Waals surface area contributed by atoms with Crippen LogP contribution in [-0.4, -0.2) is 30.1 Å². The number of nitrogens with zero attached hydrogens (tertiary/aromatic N) is 6. The zero-order valence-electron chi connectivity index (χ0n) is 19.7. The number of halogens is 1. The van der Waals surface area contributed by atoms with Crippen LogP contribution in [0, 0.1) is 12.7 Å². The number of anilines is 1. The van der Waals surface area contributed by atoms with Crippen LogP contribution in [0.1, 0.15) is 27.3 Å². The van der Waals surface area contributed by atoms with Crippen LogP contribution in [0.2, 0.25) is 0 Å². The van der Waals surface area contributed by atoms with E-state index in [4.69, 9.17) is 20.8 Å². The second-order valence-electron chi connectivity index (χ2n) is 8.76. The average Bonchev–Trinajstić information content (AvgIpc) is 3.44. The summed E-state index contributed by atoms with van der Waals surface area (Å²) in [6.45, 7) is 2.54. The van der Waals surface area contributed by atoms with Gasteiger partial charge in [-0.25, -0.2) is 18.9 Å². The highest BCUT2D eigenvalue weighted by atomic mass is 19.1. The van der Waals surface area contributed by atoms with E-state index in [1.807, 2.05) is 60.1 Å². The van der Waals surface area contributed by atoms with E-state index in [-0.39, 0.29) is 5.82 Å². The summed E-state index contributed by atoms with van der Waals surface area (Å²) >= 11 is 0. The minimum Gasteiger partial charge on any atom is -0.366 e. The first kappa shape index (κ1) is 21.7. The minimum absolute atomic E-state index is 0.291. The molecule has 0 aliphatic carbocycles. The topological polar surface area (TPSA) is 94.3 Å². The normalized spacial score (nSPS) is 12.8. The molecular formula is C27H22FN7O. The number of amides is 1. The molecule has 1 amide bonds. The monoisotopic (exact) mass is 479 g/mol. The third-order valence-electron chi connectivity index (χ3n) is 6.49. The van der Waals surface area contributed by atoms with Gasteiger partial charge in [0.25, 0.3) is 0 Å². The van der Waals surface area contributed by atoms with Crippen LogP contribution in [0.15, 0.2) is 67.0 Å². The Labute approximate surface area is 206 Å². The third-order valence-corrected chi connectivity index (χ3v) is 6.49. The van der Waals surface area contributed by atoms with Crippen molar-refractivity contribution < 1.29 is 9.18 Å². The fraction of sp³-hybridized carbons (Fsp3) is 0.111. The van der Waals surface area contributed by atoms with E-state index in [9.17, 15) is 9.18 Å². The number of rotatable bonds is 4. The number of primary amides is 1. The summed E-state index contributed by atoms with van der Waals surface area (Å²) in [4.78, 5) is 23.0. The molecule has 3 aromatic heterocycles. The van der Waals surface area contributed by atoms with Crippen LogP contribution in [0.3, 0.4) is 0 Å². The predicted octanol–water partition coefficient (Wildman–Crippen LogP) is 4.33. The maximum atomic E-state index is 13.5. The molecule has 4 heterocycles. The number of imidazole rings is 2. The fourth-order valence-electron chi connectivity index (χ4n) is 4.46. The van der Waals surface area contributed by atoms with Crippen molar-refractivity contribution in [3.05, 3.63) is 95.3 Å². The molecule has 0 bridgehead atoms. The molecule has 1 aliphatic heterocycles. The molecule has 6 rings (SSSR count). The lowest BCUT2D eigenvalue weighted by molar-refractivity contribution is 0.1000. The van der Waals surface area contributed by atoms with Crippen molar-refractivity contribution in [1.29, 1.82) is 0 Å². The molecule has 0 unspecified atom stereocenters. The lowest BCUT2D eigenvalue weighted by Crippen LogP contribution is -2.20. The van der Waals surface area contributed by atoms with Gasteiger partial charge in [-0.3, -0.25) is 4.79 Å². The summed E-state index contributed by atoms with van der Waals surface area (Å²) in [6, 6.07) is 15.6. The maximum Gasteiger partial charge on any atom is 0.248 e. The van der Waals surface area contributed by atoms with Gasteiger partial charge in [0.05, 0.1) is 17.6 Å². The summed E-state index contributed by atoms with van der Waals surface area (Å²) in [5.74, 6) is 0.845. The highest BCUT2D eigenvalue weighted by molar-refractivity contribution is 5.93. The van der Waals surface area contributed by atoms with E-state index < -0.39 is 5.91 Å². The van der Waals surface area contributed by atoms with Crippen molar-refractivity contribution >= 4 is 23.4 Å². The third kappa shape index (κ3) is 3.61. The highest BCUT2D eigenvalue weighted by Gasteiger charge is 2.20. The molecule has 0 spiro atoms. The first-order valence-electron chi connectivity index (χ1n) is 11.4. The Balaban J connectivity index is 1.36. The molecule has 1 aliphatic rings. The molecule has 36 heavy (non-hydrogen) atoms. The number of carbonyl (C=O) groups is 1. The average molecular weight is 480 g/mol. The van der Waals surface area contributed by atoms with Gasteiger partial charge in [-0.1, -0.05) is 6.07 Å². The first-order chi connectivity index (χ1) is 17.4. The van der Waals surface area contributed by atoms with E-state index in [1.165, 1.54) is 12.1 Å². The lowest BCUT2D eigenvalue weighted by atomic mass is 10.0. The number of hydrogen-bond acceptors (Lipinski definition) is 5. The molecular weight excluding hydrogens is 457 g/mol. The second kappa shape index (κ2) is 8.16. The van der Waals surface area contributed by atoms with Crippen LogP contribution in [-0.2, 0) is 13.6 Å². The fourth-order valence-corrected chi connectivity index (χ4v) is 4.46. The SMILES string of the molecule is Cc1nc(-c2ccc(F)cc2)c(-c2ccc3nc(N4C=Cc5cc(C(N)=O)ccc5C4)cn3n2)n1C. The van der Waals surface area contributed by atoms with E-state index in [2.05, 4.69) is 0 Å². The summed E-state index contributed by atoms with van der Waals surface area (Å²) in [5, 5.41) is 4.83. The Bertz CT molecular complexity index is 1680. The molecule has 178 valence electrons. The van der Waals surface area contributed by atoms with Crippen molar-refractivity contribution in [2.45, 2.75) is 13.5 Å². The molecule has 0 saturated heterocycles. The number of aromatic nitrogens is 5. The van der Waals surface area contributed by atoms with Crippen molar-refractivity contribution in [3.8, 4) is 22.6 Å². The largest absolute Gasteiger partial charge is 0.366 e. The van der Waals surface area contributed by atoms with E-state index >= 15 is 0 Å². The van der Waals surface area contributed by atoms with Gasteiger partial charge >= 0.3 is 0 Å². The van der Waals surface area contributed by atoms with E-state index in [0.717, 1.165) is 45.4 Å². The number of fused-ring (bicyclic) bond motifs is 2. The Morgan fingerprint density at radius 1 is 1.06 bits per heavy atom. The predicted molar refractivity (Wildman–Crippen MR) is 135 cm³/mol. The number of nitrogens with two attached hydrogens (primary N) is 1. The van der Waals surface area contributed by atoms with Crippen molar-refractivity contribution in [2.75, 3.05) is 4.90 Å². The van der Waals surface area contributed by atoms with Gasteiger partial charge in [-0.15, -0.1) is 0 Å². The van der Waals surface area contributed by atoms with E-state index in [1.54, 1.807) is 28.8 Å². The Morgan fingerprint density at radius 2 is 1.86 bits per heavy atom. The number of carbonyl (C=O) groups excluding carboxylic acids is 1. The van der Waals surface area contributed by atoms with Gasteiger partial charge in [-0.05, 0) is 72.7 Å². The summed E-state index contributed by atoms with van der Waals surface area (Å²) in [7, 11) is 1.94. The van der Waals surface area contributed by atoms with Gasteiger partial charge in [0.2, 0.25) is 5.91 Å². The Hall–Kier alpha value is -4.79. The van der Waals surface area contributed by atoms with Crippen LogP contribution < -0.4 is 10.6 Å². The van der Waals surface area contributed by atoms with E-state index in [0.29, 0.717) is 17.8 Å². The maximum absolute atomic E-state index is 13.5. The molecule has 0 fully saturated rings. The number of hydrogen-bond donors (Lipinski definition) is 1. The smallest absolute Gasteiger partial charge is 0.248 e. The summed E-state index contributed by atoms with van der Waals surface area (Å²) in [5.41, 5.74) is 11.8. The standard InChI is InChI=1S/C27H22FN7O/c1-16-30-25(17-5-7-21(28)8-6-17)26(33(16)2)22-9-10-23-31-24(15-35(23)32-22)34-12-11-18-13-19(27(29)36)3-4-20(18)14-34/h3-13,15H,14H2,1-2H3,(H2,29,36). The van der Waals surface area contributed by atoms with Gasteiger partial charge in [0.1, 0.15) is 17.3 Å². The van der Waals surface area contributed by atoms with Crippen LogP contribution in [0.5, 0.6) is 0 Å². The highest BCUT2D eigenvalue weighted by Crippen LogP contribution is 2.32. The van der Waals surface area contributed by atoms with Gasteiger partial charge in [0.15, 0.2) is 11.5 Å². The second-order valence-corrected chi connectivity index (χ2v) is 8.76. The van der Waals surface area contributed by atoms with Crippen LogP contribution >= 0.6 is 0 Å². The molecule has 9 heteroatoms. The molecule has 5 aromatic rings. The van der Waals surface area contributed by atoms with Crippen molar-refractivity contribution in [1.82, 2.24) is 24.1 Å². The Morgan fingerprint density at radius 3 is 2.64 bits per heavy atom. The summed E-state index contributed by atoms with van der Waals surface area (Å²) in [6.07, 6.45) is 5.77. The number of aryl methyl sites for hydroxylation is 1. The van der Waals surface area contributed by atoms with Crippen molar-refractivity contribution in [2.24, 2.45) is 12.8 Å². The van der Waals surface area contributed by atoms with Gasteiger partial charge in [-0.2, -0.15) is 5.10 Å². The Kier molecular flexibility index (Phi) is 4.92. The number of benzene rings is 2. The van der Waals surface area contributed by atoms with Crippen molar-refractivity contribution in [3.63, 3.8) is 0 Å². The quantitative estimate of drug-likeness (QED) is 0.414. The molecule has 2 aromatic carbocycles. The minimum atomic E-state index is -0.443. The molecule has 0 atom stereocenters. The van der Waals surface area contributed by atoms with Crippen LogP contribution in [0.4, 0.5) is 10.2 Å². The lowest BCUT2D eigenvalue weighted by Gasteiger charge is -2.23. The molecule has 0 saturated carbocycles. The molecule has 2 N–H and O–H groups in total. The zero-order valence-corrected chi connectivity index (χ0v) is 19.7. The van der Waals surface area contributed by atoms with Gasteiger partial charge in [0, 0.05) is 30.9 Å².